The first-order valence-corrected chi connectivity index (χ1v) is 38.4. The van der Waals surface area contributed by atoms with Gasteiger partial charge in [0.05, 0.1) is 48.2 Å². The molecule has 8 atom stereocenters. The van der Waals surface area contributed by atoms with Crippen molar-refractivity contribution < 1.29 is 55.8 Å². The maximum absolute atomic E-state index is 14.0. The fraction of sp³-hybridized carbons (Fsp3) is 0.475. The summed E-state index contributed by atoms with van der Waals surface area (Å²) < 4.78 is 52.1. The molecule has 0 spiro atoms. The molecule has 0 heterocycles. The summed E-state index contributed by atoms with van der Waals surface area (Å²) in [7, 11) is -4.55. The van der Waals surface area contributed by atoms with Crippen LogP contribution >= 0.6 is 0 Å². The molecule has 0 bridgehead atoms. The van der Waals surface area contributed by atoms with E-state index in [0.29, 0.717) is 50.6 Å². The van der Waals surface area contributed by atoms with Crippen LogP contribution in [0.25, 0.3) is 0 Å². The minimum Gasteiger partial charge on any atom is -0.391 e. The molecule has 4 N–H and O–H groups in total. The lowest BCUT2D eigenvalue weighted by atomic mass is 9.89. The van der Waals surface area contributed by atoms with Crippen LogP contribution in [0, 0.1) is 23.7 Å². The minimum absolute atomic E-state index is 0.0668. The molecule has 0 aromatic heterocycles. The molecular weight excluding hydrogens is 1270 g/mol. The molecule has 6 aromatic carbocycles. The largest absolute Gasteiger partial charge is 0.391 e. The summed E-state index contributed by atoms with van der Waals surface area (Å²) in [5.41, 5.74) is 5.55. The Morgan fingerprint density at radius 2 is 0.673 bits per heavy atom. The van der Waals surface area contributed by atoms with Crippen molar-refractivity contribution in [2.45, 2.75) is 183 Å². The lowest BCUT2D eigenvalue weighted by Gasteiger charge is -2.25. The number of Topliss-reactive ketones (excluding diaryl/α,β-unsaturated/α-hetero) is 6. The van der Waals surface area contributed by atoms with Gasteiger partial charge in [0.1, 0.15) is 0 Å². The quantitative estimate of drug-likeness (QED) is 0.0264. The number of nitrogens with one attached hydrogen (secondary N) is 2. The van der Waals surface area contributed by atoms with Gasteiger partial charge in [0.15, 0.2) is 34.7 Å². The van der Waals surface area contributed by atoms with Gasteiger partial charge in [-0.25, -0.2) is 16.8 Å². The van der Waals surface area contributed by atoms with Gasteiger partial charge in [-0.1, -0.05) is 191 Å². The van der Waals surface area contributed by atoms with Gasteiger partial charge in [0.25, 0.3) is 0 Å². The van der Waals surface area contributed by atoms with Gasteiger partial charge < -0.3 is 20.8 Å². The van der Waals surface area contributed by atoms with E-state index >= 15 is 0 Å². The van der Waals surface area contributed by atoms with Crippen LogP contribution in [0.2, 0.25) is 0 Å². The Labute approximate surface area is 586 Å². The summed E-state index contributed by atoms with van der Waals surface area (Å²) in [6.07, 6.45) is 4.09. The molecule has 18 heteroatoms. The third kappa shape index (κ3) is 29.2. The second-order valence-corrected chi connectivity index (χ2v) is 30.3. The van der Waals surface area contributed by atoms with Crippen molar-refractivity contribution in [3.63, 3.8) is 0 Å². The van der Waals surface area contributed by atoms with E-state index in [1.165, 1.54) is 38.4 Å². The van der Waals surface area contributed by atoms with E-state index in [2.05, 4.69) is 10.6 Å². The van der Waals surface area contributed by atoms with Crippen LogP contribution in [0.5, 0.6) is 0 Å². The van der Waals surface area contributed by atoms with Crippen LogP contribution in [0.1, 0.15) is 210 Å². The third-order valence-corrected chi connectivity index (χ3v) is 19.5. The number of ketones is 6. The fourth-order valence-electron chi connectivity index (χ4n) is 11.2. The van der Waals surface area contributed by atoms with E-state index in [1.54, 1.807) is 26.0 Å². The molecule has 0 saturated carbocycles. The number of nitrogens with zero attached hydrogens (tertiary/aromatic N) is 2. The molecule has 16 nitrogen and oxygen atoms in total. The summed E-state index contributed by atoms with van der Waals surface area (Å²) in [4.78, 5) is 81.0. The molecule has 0 aliphatic rings. The van der Waals surface area contributed by atoms with E-state index in [1.807, 2.05) is 191 Å². The first-order chi connectivity index (χ1) is 46.3. The average Bonchev–Trinajstić information content (AvgIpc) is 0.933. The number of rotatable bonds is 38. The molecular formula is C80H112N4O12S2. The Kier molecular flexibility index (Phi) is 36.9. The van der Waals surface area contributed by atoms with Crippen molar-refractivity contribution >= 4 is 66.1 Å². The number of aliphatic hydroxyl groups is 2. The molecule has 98 heavy (non-hydrogen) atoms. The van der Waals surface area contributed by atoms with Crippen molar-refractivity contribution in [2.24, 2.45) is 23.7 Å². The highest BCUT2D eigenvalue weighted by atomic mass is 32.2. The number of hydrogen-bond donors (Lipinski definition) is 4. The predicted octanol–water partition coefficient (Wildman–Crippen LogP) is 14.5. The van der Waals surface area contributed by atoms with Crippen molar-refractivity contribution in [3.05, 3.63) is 202 Å². The average molecular weight is 1390 g/mol. The molecule has 0 aliphatic heterocycles. The zero-order chi connectivity index (χ0) is 73.5. The van der Waals surface area contributed by atoms with Crippen LogP contribution in [0.4, 0.5) is 11.4 Å². The van der Waals surface area contributed by atoms with E-state index in [9.17, 15) is 55.8 Å². The lowest BCUT2D eigenvalue weighted by molar-refractivity contribution is -0.124. The lowest BCUT2D eigenvalue weighted by Crippen LogP contribution is -2.47. The second kappa shape index (κ2) is 42.6. The Hall–Kier alpha value is -7.32. The number of benzene rings is 6. The third-order valence-electron chi connectivity index (χ3n) is 17.1. The van der Waals surface area contributed by atoms with Gasteiger partial charge in [-0.3, -0.25) is 37.4 Å². The van der Waals surface area contributed by atoms with Gasteiger partial charge in [-0.15, -0.1) is 0 Å². The summed E-state index contributed by atoms with van der Waals surface area (Å²) in [5, 5.41) is 27.4. The number of carbonyl (C=O) groups excluding carboxylic acids is 6. The molecule has 0 aliphatic carbocycles. The van der Waals surface area contributed by atoms with Gasteiger partial charge in [-0.05, 0) is 147 Å². The second-order valence-electron chi connectivity index (χ2n) is 26.3. The zero-order valence-electron chi connectivity index (χ0n) is 61.0. The predicted molar refractivity (Wildman–Crippen MR) is 400 cm³/mol. The maximum Gasteiger partial charge on any atom is 0.231 e. The Balaban J connectivity index is 0.000000486. The highest BCUT2D eigenvalue weighted by Gasteiger charge is 2.29. The van der Waals surface area contributed by atoms with Crippen LogP contribution < -0.4 is 19.2 Å². The van der Waals surface area contributed by atoms with Crippen molar-refractivity contribution in [2.75, 3.05) is 48.3 Å². The van der Waals surface area contributed by atoms with Gasteiger partial charge in [0.2, 0.25) is 20.0 Å². The number of sulfonamides is 2. The standard InChI is InChI=1S/2C38H50N2O6S.2C2H6/c2*1-26(2)17-18-35(42)38(28(4)41)39-25-30(20-29-13-9-7-10-14-29)21-37(44)33-22-32(23-34(24-33)40(5)47(6,45)46)36(43)19-27(3)31-15-11-8-12-16-31;2*1-2/h2*7-16,22-24,26-28,30,38-39,41H,17-21,25H2,1-6H3;2*1-2H3/t27-,28?,30+,38?;27-,28-,30+,38-;;/m00../s1. The Morgan fingerprint density at radius 3 is 0.929 bits per heavy atom. The van der Waals surface area contributed by atoms with Crippen molar-refractivity contribution in [1.29, 1.82) is 0 Å². The molecule has 0 radical (unpaired) electrons. The monoisotopic (exact) mass is 1380 g/mol. The summed E-state index contributed by atoms with van der Waals surface area (Å²) >= 11 is 0. The highest BCUT2D eigenvalue weighted by molar-refractivity contribution is 7.92. The summed E-state index contributed by atoms with van der Waals surface area (Å²) in [6.45, 7) is 23.9. The smallest absolute Gasteiger partial charge is 0.231 e. The number of anilines is 2. The number of hydrogen-bond acceptors (Lipinski definition) is 14. The van der Waals surface area contributed by atoms with E-state index in [-0.39, 0.29) is 118 Å². The van der Waals surface area contributed by atoms with Gasteiger partial charge >= 0.3 is 0 Å². The van der Waals surface area contributed by atoms with Crippen LogP contribution in [-0.4, -0.2) is 126 Å². The van der Waals surface area contributed by atoms with Gasteiger partial charge in [0, 0.05) is 74.9 Å². The molecule has 2 unspecified atom stereocenters. The van der Waals surface area contributed by atoms with E-state index in [0.717, 1.165) is 56.2 Å². The SMILES string of the molecule is CC.CC.CC(C)CCC(=O)C(NC[C@@H](CC(=O)c1cc(C(=O)C[C@H](C)c2ccccc2)cc(N(C)S(C)(=O)=O)c1)Cc1ccccc1)C(C)O.CC(C)CCC(=O)[C@@H](NC[C@@H](CC(=O)c1cc(C(=O)C[C@H](C)c2ccccc2)cc(N(C)S(C)(=O)=O)c1)Cc1ccccc1)[C@H](C)O. The number of aliphatic hydroxyl groups excluding tert-OH is 2. The zero-order valence-corrected chi connectivity index (χ0v) is 62.6. The first-order valence-electron chi connectivity index (χ1n) is 34.7. The van der Waals surface area contributed by atoms with Crippen molar-refractivity contribution in [3.8, 4) is 0 Å². The maximum atomic E-state index is 14.0. The molecule has 536 valence electrons. The Morgan fingerprint density at radius 1 is 0.408 bits per heavy atom. The first kappa shape index (κ1) is 84.9. The van der Waals surface area contributed by atoms with E-state index in [4.69, 9.17) is 0 Å². The van der Waals surface area contributed by atoms with Crippen LogP contribution in [-0.2, 0) is 42.5 Å². The fourth-order valence-corrected chi connectivity index (χ4v) is 12.1. The van der Waals surface area contributed by atoms with Gasteiger partial charge in [-0.2, -0.15) is 0 Å². The number of carbonyl (C=O) groups is 6. The highest BCUT2D eigenvalue weighted by Crippen LogP contribution is 2.30. The summed E-state index contributed by atoms with van der Waals surface area (Å²) in [5.74, 6) is -0.969. The topological polar surface area (TPSA) is 242 Å². The minimum atomic E-state index is -3.67. The van der Waals surface area contributed by atoms with E-state index < -0.39 is 44.3 Å². The van der Waals surface area contributed by atoms with Crippen LogP contribution in [0.3, 0.4) is 0 Å². The molecule has 6 rings (SSSR count). The van der Waals surface area contributed by atoms with Crippen LogP contribution in [0.15, 0.2) is 158 Å². The summed E-state index contributed by atoms with van der Waals surface area (Å²) in [6, 6.07) is 46.5. The molecule has 0 fully saturated rings. The molecule has 0 saturated heterocycles. The molecule has 6 aromatic rings. The normalized spacial score (nSPS) is 13.8. The van der Waals surface area contributed by atoms with Crippen molar-refractivity contribution in [1.82, 2.24) is 10.6 Å². The molecule has 0 amide bonds. The Bertz CT molecular complexity index is 3420.